The lowest BCUT2D eigenvalue weighted by Crippen LogP contribution is -2.12. The summed E-state index contributed by atoms with van der Waals surface area (Å²) >= 11 is 0. The van der Waals surface area contributed by atoms with Crippen molar-refractivity contribution in [2.24, 2.45) is 0 Å². The number of rotatable bonds is 9. The Morgan fingerprint density at radius 2 is 1.75 bits per heavy atom. The first-order valence-electron chi connectivity index (χ1n) is 7.94. The zero-order chi connectivity index (χ0) is 17.2. The fourth-order valence-electron chi connectivity index (χ4n) is 2.34. The van der Waals surface area contributed by atoms with Crippen LogP contribution in [0.1, 0.15) is 24.0 Å². The first-order chi connectivity index (χ1) is 11.7. The molecule has 0 aliphatic heterocycles. The molecule has 2 rings (SSSR count). The van der Waals surface area contributed by atoms with Crippen molar-refractivity contribution in [3.8, 4) is 0 Å². The van der Waals surface area contributed by atoms with Gasteiger partial charge in [-0.3, -0.25) is 9.00 Å². The van der Waals surface area contributed by atoms with Crippen LogP contribution in [-0.2, 0) is 31.8 Å². The number of amides is 1. The van der Waals surface area contributed by atoms with Crippen LogP contribution in [0.3, 0.4) is 0 Å². The Hall–Kier alpha value is -1.98. The maximum atomic E-state index is 12.3. The monoisotopic (exact) mass is 345 g/mol. The lowest BCUT2D eigenvalue weighted by molar-refractivity contribution is -0.116. The normalized spacial score (nSPS) is 11.9. The highest BCUT2D eigenvalue weighted by Crippen LogP contribution is 2.14. The molecule has 0 bridgehead atoms. The quantitative estimate of drug-likeness (QED) is 0.708. The van der Waals surface area contributed by atoms with Crippen LogP contribution in [0, 0.1) is 0 Å². The minimum Gasteiger partial charge on any atom is -0.385 e. The Balaban J connectivity index is 1.87. The predicted molar refractivity (Wildman–Crippen MR) is 98.2 cm³/mol. The lowest BCUT2D eigenvalue weighted by Gasteiger charge is -2.08. The number of carbonyl (C=O) groups excluding carboxylic acids is 1. The second-order valence-corrected chi connectivity index (χ2v) is 7.02. The van der Waals surface area contributed by atoms with E-state index in [-0.39, 0.29) is 5.91 Å². The van der Waals surface area contributed by atoms with Crippen molar-refractivity contribution in [2.45, 2.75) is 24.3 Å². The van der Waals surface area contributed by atoms with E-state index in [1.165, 1.54) is 0 Å². The molecule has 2 aromatic rings. The van der Waals surface area contributed by atoms with Crippen LogP contribution in [0.4, 0.5) is 5.69 Å². The highest BCUT2D eigenvalue weighted by atomic mass is 32.2. The van der Waals surface area contributed by atoms with E-state index in [1.807, 2.05) is 54.6 Å². The summed E-state index contributed by atoms with van der Waals surface area (Å²) in [5.74, 6) is 0.978. The summed E-state index contributed by atoms with van der Waals surface area (Å²) in [6, 6.07) is 17.4. The highest BCUT2D eigenvalue weighted by molar-refractivity contribution is 7.83. The lowest BCUT2D eigenvalue weighted by atomic mass is 10.2. The van der Waals surface area contributed by atoms with Gasteiger partial charge in [-0.2, -0.15) is 0 Å². The number of methoxy groups -OCH3 is 1. The molecule has 0 fully saturated rings. The van der Waals surface area contributed by atoms with Crippen LogP contribution in [0.25, 0.3) is 0 Å². The van der Waals surface area contributed by atoms with Gasteiger partial charge in [0.15, 0.2) is 0 Å². The summed E-state index contributed by atoms with van der Waals surface area (Å²) in [5.41, 5.74) is 2.77. The molecule has 0 unspecified atom stereocenters. The highest BCUT2D eigenvalue weighted by Gasteiger charge is 2.06. The Labute approximate surface area is 145 Å². The average molecular weight is 345 g/mol. The molecule has 1 N–H and O–H groups in total. The zero-order valence-electron chi connectivity index (χ0n) is 13.9. The molecule has 24 heavy (non-hydrogen) atoms. The molecule has 0 spiro atoms. The van der Waals surface area contributed by atoms with Crippen LogP contribution in [0.2, 0.25) is 0 Å². The van der Waals surface area contributed by atoms with Gasteiger partial charge in [0.1, 0.15) is 0 Å². The molecule has 0 radical (unpaired) electrons. The van der Waals surface area contributed by atoms with Crippen LogP contribution < -0.4 is 5.32 Å². The van der Waals surface area contributed by atoms with Gasteiger partial charge in [0.05, 0.1) is 0 Å². The molecule has 0 heterocycles. The van der Waals surface area contributed by atoms with E-state index in [4.69, 9.17) is 4.74 Å². The summed E-state index contributed by atoms with van der Waals surface area (Å²) in [6.45, 7) is 0.575. The van der Waals surface area contributed by atoms with Crippen molar-refractivity contribution in [1.29, 1.82) is 0 Å². The van der Waals surface area contributed by atoms with Crippen molar-refractivity contribution in [2.75, 3.05) is 19.0 Å². The van der Waals surface area contributed by atoms with Gasteiger partial charge in [-0.1, -0.05) is 42.5 Å². The van der Waals surface area contributed by atoms with E-state index < -0.39 is 10.8 Å². The van der Waals surface area contributed by atoms with Crippen molar-refractivity contribution >= 4 is 22.4 Å². The third-order valence-corrected chi connectivity index (χ3v) is 4.77. The molecule has 0 aliphatic rings. The number of ether oxygens (including phenoxy) is 1. The van der Waals surface area contributed by atoms with Gasteiger partial charge in [-0.25, -0.2) is 0 Å². The predicted octanol–water partition coefficient (Wildman–Crippen LogP) is 3.50. The van der Waals surface area contributed by atoms with Gasteiger partial charge < -0.3 is 10.1 Å². The van der Waals surface area contributed by atoms with Gasteiger partial charge in [-0.05, 0) is 29.7 Å². The van der Waals surface area contributed by atoms with Crippen molar-refractivity contribution < 1.29 is 13.7 Å². The molecule has 0 aliphatic carbocycles. The number of benzene rings is 2. The molecular formula is C19H23NO3S. The number of hydrogen-bond donors (Lipinski definition) is 1. The van der Waals surface area contributed by atoms with Crippen molar-refractivity contribution in [3.63, 3.8) is 0 Å². The molecule has 5 heteroatoms. The zero-order valence-corrected chi connectivity index (χ0v) is 14.7. The van der Waals surface area contributed by atoms with Crippen molar-refractivity contribution in [3.05, 3.63) is 65.7 Å². The molecule has 1 atom stereocenters. The fourth-order valence-corrected chi connectivity index (χ4v) is 3.55. The van der Waals surface area contributed by atoms with E-state index in [9.17, 15) is 9.00 Å². The largest absolute Gasteiger partial charge is 0.385 e. The van der Waals surface area contributed by atoms with Crippen molar-refractivity contribution in [1.82, 2.24) is 0 Å². The summed E-state index contributed by atoms with van der Waals surface area (Å²) in [6.07, 6.45) is 1.13. The third kappa shape index (κ3) is 6.64. The maximum Gasteiger partial charge on any atom is 0.224 e. The van der Waals surface area contributed by atoms with Gasteiger partial charge in [0, 0.05) is 48.1 Å². The molecule has 1 amide bonds. The number of anilines is 1. The smallest absolute Gasteiger partial charge is 0.224 e. The SMILES string of the molecule is COCCCC(=O)Nc1cccc(C[S@@](=O)Cc2ccccc2)c1. The number of nitrogens with one attached hydrogen (secondary N) is 1. The first kappa shape index (κ1) is 18.4. The van der Waals surface area contributed by atoms with Gasteiger partial charge in [0.2, 0.25) is 5.91 Å². The van der Waals surface area contributed by atoms with Gasteiger partial charge in [0.25, 0.3) is 0 Å². The van der Waals surface area contributed by atoms with Gasteiger partial charge in [-0.15, -0.1) is 0 Å². The fraction of sp³-hybridized carbons (Fsp3) is 0.316. The van der Waals surface area contributed by atoms with Crippen LogP contribution in [0.5, 0.6) is 0 Å². The Morgan fingerprint density at radius 1 is 1.04 bits per heavy atom. The third-order valence-electron chi connectivity index (χ3n) is 3.46. The molecule has 128 valence electrons. The molecule has 4 nitrogen and oxygen atoms in total. The second kappa shape index (κ2) is 10.0. The van der Waals surface area contributed by atoms with Crippen LogP contribution in [0.15, 0.2) is 54.6 Å². The molecule has 0 saturated carbocycles. The minimum atomic E-state index is -0.978. The summed E-state index contributed by atoms with van der Waals surface area (Å²) in [7, 11) is 0.644. The average Bonchev–Trinajstić information content (AvgIpc) is 2.56. The van der Waals surface area contributed by atoms with E-state index in [1.54, 1.807) is 7.11 Å². The summed E-state index contributed by atoms with van der Waals surface area (Å²) in [5, 5.41) is 2.87. The Bertz CT molecular complexity index is 673. The first-order valence-corrected chi connectivity index (χ1v) is 9.43. The molecule has 0 saturated heterocycles. The van der Waals surface area contributed by atoms with Crippen LogP contribution >= 0.6 is 0 Å². The van der Waals surface area contributed by atoms with Crippen LogP contribution in [-0.4, -0.2) is 23.8 Å². The van der Waals surface area contributed by atoms with Gasteiger partial charge >= 0.3 is 0 Å². The van der Waals surface area contributed by atoms with E-state index >= 15 is 0 Å². The standard InChI is InChI=1S/C19H23NO3S/c1-23-12-6-11-19(21)20-18-10-5-9-17(13-18)15-24(22)14-16-7-3-2-4-8-16/h2-5,7-10,13H,6,11-12,14-15H2,1H3,(H,20,21)/t24-/m0/s1. The van der Waals surface area contributed by atoms with E-state index in [0.717, 1.165) is 16.8 Å². The second-order valence-electron chi connectivity index (χ2n) is 5.56. The van der Waals surface area contributed by atoms with E-state index in [0.29, 0.717) is 31.0 Å². The Kier molecular flexibility index (Phi) is 7.65. The molecule has 0 aromatic heterocycles. The van der Waals surface area contributed by atoms with E-state index in [2.05, 4.69) is 5.32 Å². The molecular weight excluding hydrogens is 322 g/mol. The summed E-state index contributed by atoms with van der Waals surface area (Å²) < 4.78 is 17.2. The topological polar surface area (TPSA) is 55.4 Å². The number of carbonyl (C=O) groups is 1. The molecule has 2 aromatic carbocycles. The number of hydrogen-bond acceptors (Lipinski definition) is 3. The minimum absolute atomic E-state index is 0.0328. The maximum absolute atomic E-state index is 12.3. The Morgan fingerprint density at radius 3 is 2.50 bits per heavy atom. The summed E-state index contributed by atoms with van der Waals surface area (Å²) in [4.78, 5) is 11.8.